The number of nitrogens with zero attached hydrogens (tertiary/aromatic N) is 2. The summed E-state index contributed by atoms with van der Waals surface area (Å²) in [6.45, 7) is 1.42. The first-order chi connectivity index (χ1) is 10.1. The van der Waals surface area contributed by atoms with Crippen LogP contribution in [0.1, 0.15) is 17.2 Å². The van der Waals surface area contributed by atoms with Crippen molar-refractivity contribution in [3.05, 3.63) is 69.2 Å². The average Bonchev–Trinajstić information content (AvgIpc) is 2.85. The van der Waals surface area contributed by atoms with Crippen LogP contribution < -0.4 is 5.73 Å². The van der Waals surface area contributed by atoms with Crippen LogP contribution in [0.4, 0.5) is 0 Å². The molecular formula is C16H15BrClN3. The van der Waals surface area contributed by atoms with Gasteiger partial charge in [0.25, 0.3) is 0 Å². The summed E-state index contributed by atoms with van der Waals surface area (Å²) in [6.07, 6.45) is 0. The van der Waals surface area contributed by atoms with Gasteiger partial charge in [0, 0.05) is 11.0 Å². The summed E-state index contributed by atoms with van der Waals surface area (Å²) >= 11 is 9.54. The molecule has 2 aromatic carbocycles. The summed E-state index contributed by atoms with van der Waals surface area (Å²) < 4.78 is 0.895. The SMILES string of the molecule is NC1=NCC(c2ccc(Cl)c(Br)c2)N1Cc1ccccc1. The standard InChI is InChI=1S/C16H15BrClN3/c17-13-8-12(6-7-14(13)18)15-9-20-16(19)21(15)10-11-4-2-1-3-5-11/h1-8,15H,9-10H2,(H2,19,20). The Morgan fingerprint density at radius 1 is 1.24 bits per heavy atom. The third-order valence-corrected chi connectivity index (χ3v) is 4.83. The molecule has 1 atom stereocenters. The number of guanidine groups is 1. The zero-order chi connectivity index (χ0) is 14.8. The topological polar surface area (TPSA) is 41.6 Å². The van der Waals surface area contributed by atoms with E-state index in [0.717, 1.165) is 16.6 Å². The van der Waals surface area contributed by atoms with Gasteiger partial charge in [0.15, 0.2) is 5.96 Å². The predicted molar refractivity (Wildman–Crippen MR) is 90.4 cm³/mol. The van der Waals surface area contributed by atoms with E-state index in [4.69, 9.17) is 17.3 Å². The summed E-state index contributed by atoms with van der Waals surface area (Å²) in [7, 11) is 0. The molecule has 1 unspecified atom stereocenters. The molecule has 1 aliphatic heterocycles. The molecule has 0 bridgehead atoms. The highest BCUT2D eigenvalue weighted by molar-refractivity contribution is 9.10. The van der Waals surface area contributed by atoms with Gasteiger partial charge in [-0.2, -0.15) is 0 Å². The van der Waals surface area contributed by atoms with E-state index in [9.17, 15) is 0 Å². The van der Waals surface area contributed by atoms with E-state index in [1.165, 1.54) is 5.56 Å². The molecule has 0 aromatic heterocycles. The maximum Gasteiger partial charge on any atom is 0.192 e. The van der Waals surface area contributed by atoms with Crippen molar-refractivity contribution in [2.75, 3.05) is 6.54 Å². The lowest BCUT2D eigenvalue weighted by Gasteiger charge is -2.27. The highest BCUT2D eigenvalue weighted by Gasteiger charge is 2.27. The van der Waals surface area contributed by atoms with Crippen molar-refractivity contribution in [1.29, 1.82) is 0 Å². The highest BCUT2D eigenvalue weighted by atomic mass is 79.9. The molecule has 3 rings (SSSR count). The third kappa shape index (κ3) is 3.06. The Bertz CT molecular complexity index is 672. The van der Waals surface area contributed by atoms with Gasteiger partial charge >= 0.3 is 0 Å². The number of benzene rings is 2. The van der Waals surface area contributed by atoms with Crippen molar-refractivity contribution in [1.82, 2.24) is 4.90 Å². The average molecular weight is 365 g/mol. The fraction of sp³-hybridized carbons (Fsp3) is 0.188. The molecule has 1 aliphatic rings. The molecule has 0 saturated heterocycles. The Morgan fingerprint density at radius 3 is 2.71 bits per heavy atom. The van der Waals surface area contributed by atoms with Gasteiger partial charge in [-0.25, -0.2) is 0 Å². The lowest BCUT2D eigenvalue weighted by molar-refractivity contribution is 0.340. The van der Waals surface area contributed by atoms with E-state index in [-0.39, 0.29) is 6.04 Å². The van der Waals surface area contributed by atoms with E-state index in [1.807, 2.05) is 36.4 Å². The summed E-state index contributed by atoms with van der Waals surface area (Å²) in [4.78, 5) is 6.53. The first-order valence-corrected chi connectivity index (χ1v) is 7.87. The molecule has 3 nitrogen and oxygen atoms in total. The van der Waals surface area contributed by atoms with E-state index in [1.54, 1.807) is 0 Å². The van der Waals surface area contributed by atoms with Crippen LogP contribution in [-0.4, -0.2) is 17.4 Å². The molecule has 0 fully saturated rings. The normalized spacial score (nSPS) is 17.9. The molecule has 0 amide bonds. The second kappa shape index (κ2) is 6.08. The van der Waals surface area contributed by atoms with Gasteiger partial charge < -0.3 is 10.6 Å². The van der Waals surface area contributed by atoms with Gasteiger partial charge in [-0.3, -0.25) is 4.99 Å². The largest absolute Gasteiger partial charge is 0.370 e. The zero-order valence-electron chi connectivity index (χ0n) is 11.3. The molecule has 5 heteroatoms. The molecule has 2 N–H and O–H groups in total. The summed E-state index contributed by atoms with van der Waals surface area (Å²) in [6, 6.07) is 16.4. The van der Waals surface area contributed by atoms with Gasteiger partial charge in [0.05, 0.1) is 17.6 Å². The number of hydrogen-bond donors (Lipinski definition) is 1. The minimum atomic E-state index is 0.152. The van der Waals surface area contributed by atoms with Crippen molar-refractivity contribution >= 4 is 33.5 Å². The number of halogens is 2. The van der Waals surface area contributed by atoms with Gasteiger partial charge in [-0.05, 0) is 39.2 Å². The van der Waals surface area contributed by atoms with Crippen LogP contribution in [0.5, 0.6) is 0 Å². The highest BCUT2D eigenvalue weighted by Crippen LogP contribution is 2.31. The lowest BCUT2D eigenvalue weighted by Crippen LogP contribution is -2.35. The van der Waals surface area contributed by atoms with E-state index in [2.05, 4.69) is 38.0 Å². The predicted octanol–water partition coefficient (Wildman–Crippen LogP) is 3.97. The van der Waals surface area contributed by atoms with Crippen LogP contribution in [-0.2, 0) is 6.54 Å². The Morgan fingerprint density at radius 2 is 2.00 bits per heavy atom. The van der Waals surface area contributed by atoms with Crippen molar-refractivity contribution in [2.45, 2.75) is 12.6 Å². The minimum Gasteiger partial charge on any atom is -0.370 e. The second-order valence-electron chi connectivity index (χ2n) is 5.00. The summed E-state index contributed by atoms with van der Waals surface area (Å²) in [5.74, 6) is 0.593. The Labute approximate surface area is 137 Å². The Balaban J connectivity index is 1.86. The van der Waals surface area contributed by atoms with Crippen LogP contribution >= 0.6 is 27.5 Å². The Hall–Kier alpha value is -1.52. The molecular weight excluding hydrogens is 350 g/mol. The molecule has 0 spiro atoms. The monoisotopic (exact) mass is 363 g/mol. The maximum atomic E-state index is 6.07. The molecule has 2 aromatic rings. The molecule has 0 saturated carbocycles. The lowest BCUT2D eigenvalue weighted by atomic mass is 10.1. The maximum absolute atomic E-state index is 6.07. The summed E-state index contributed by atoms with van der Waals surface area (Å²) in [5.41, 5.74) is 8.44. The second-order valence-corrected chi connectivity index (χ2v) is 6.26. The number of nitrogens with two attached hydrogens (primary N) is 1. The molecule has 1 heterocycles. The first-order valence-electron chi connectivity index (χ1n) is 6.70. The summed E-state index contributed by atoms with van der Waals surface area (Å²) in [5, 5.41) is 0.709. The van der Waals surface area contributed by atoms with Crippen molar-refractivity contribution in [3.63, 3.8) is 0 Å². The number of aliphatic imine (C=N–C) groups is 1. The van der Waals surface area contributed by atoms with Crippen molar-refractivity contribution < 1.29 is 0 Å². The van der Waals surface area contributed by atoms with Crippen LogP contribution in [0.15, 0.2) is 58.0 Å². The Kier molecular flexibility index (Phi) is 4.17. The minimum absolute atomic E-state index is 0.152. The fourth-order valence-corrected chi connectivity index (χ4v) is 3.02. The first kappa shape index (κ1) is 14.4. The third-order valence-electron chi connectivity index (χ3n) is 3.62. The van der Waals surface area contributed by atoms with Crippen molar-refractivity contribution in [2.24, 2.45) is 10.7 Å². The van der Waals surface area contributed by atoms with Gasteiger partial charge in [-0.15, -0.1) is 0 Å². The smallest absolute Gasteiger partial charge is 0.192 e. The number of rotatable bonds is 3. The molecule has 0 radical (unpaired) electrons. The van der Waals surface area contributed by atoms with E-state index in [0.29, 0.717) is 17.5 Å². The van der Waals surface area contributed by atoms with E-state index >= 15 is 0 Å². The fourth-order valence-electron chi connectivity index (χ4n) is 2.51. The zero-order valence-corrected chi connectivity index (χ0v) is 13.7. The molecule has 21 heavy (non-hydrogen) atoms. The van der Waals surface area contributed by atoms with Crippen LogP contribution in [0.3, 0.4) is 0 Å². The van der Waals surface area contributed by atoms with E-state index < -0.39 is 0 Å². The van der Waals surface area contributed by atoms with Crippen molar-refractivity contribution in [3.8, 4) is 0 Å². The van der Waals surface area contributed by atoms with Gasteiger partial charge in [-0.1, -0.05) is 48.0 Å². The number of hydrogen-bond acceptors (Lipinski definition) is 3. The quantitative estimate of drug-likeness (QED) is 0.895. The van der Waals surface area contributed by atoms with Crippen LogP contribution in [0, 0.1) is 0 Å². The van der Waals surface area contributed by atoms with Gasteiger partial charge in [0.1, 0.15) is 0 Å². The molecule has 108 valence electrons. The van der Waals surface area contributed by atoms with Gasteiger partial charge in [0.2, 0.25) is 0 Å². The molecule has 0 aliphatic carbocycles. The van der Waals surface area contributed by atoms with Crippen LogP contribution in [0.2, 0.25) is 5.02 Å². The van der Waals surface area contributed by atoms with Crippen LogP contribution in [0.25, 0.3) is 0 Å².